The van der Waals surface area contributed by atoms with Gasteiger partial charge in [-0.25, -0.2) is 17.1 Å². The van der Waals surface area contributed by atoms with Crippen LogP contribution in [-0.2, 0) is 25.3 Å². The second-order valence-corrected chi connectivity index (χ2v) is 8.43. The minimum atomic E-state index is -3.58. The van der Waals surface area contributed by atoms with Gasteiger partial charge in [-0.3, -0.25) is 4.79 Å². The van der Waals surface area contributed by atoms with E-state index in [1.54, 1.807) is 11.0 Å². The minimum Gasteiger partial charge on any atom is -0.378 e. The third kappa shape index (κ3) is 4.37. The quantitative estimate of drug-likeness (QED) is 0.800. The maximum atomic E-state index is 13.7. The van der Waals surface area contributed by atoms with Crippen molar-refractivity contribution in [2.24, 2.45) is 5.92 Å². The molecule has 1 aromatic rings. The Morgan fingerprint density at radius 1 is 1.12 bits per heavy atom. The molecule has 0 N–H and O–H groups in total. The first-order valence-electron chi connectivity index (χ1n) is 8.55. The molecule has 6 nitrogen and oxygen atoms in total. The highest BCUT2D eigenvalue weighted by molar-refractivity contribution is 7.88. The van der Waals surface area contributed by atoms with Crippen molar-refractivity contribution >= 4 is 15.9 Å². The Balaban J connectivity index is 1.57. The highest BCUT2D eigenvalue weighted by atomic mass is 32.2. The molecule has 8 heteroatoms. The number of hydrogen-bond acceptors (Lipinski definition) is 4. The van der Waals surface area contributed by atoms with Crippen molar-refractivity contribution in [2.75, 3.05) is 39.4 Å². The molecule has 2 fully saturated rings. The van der Waals surface area contributed by atoms with Gasteiger partial charge in [0.05, 0.1) is 19.0 Å². The van der Waals surface area contributed by atoms with Gasteiger partial charge in [-0.1, -0.05) is 18.2 Å². The van der Waals surface area contributed by atoms with Crippen LogP contribution in [0.5, 0.6) is 0 Å². The number of ether oxygens (including phenoxy) is 1. The summed E-state index contributed by atoms with van der Waals surface area (Å²) in [5, 5.41) is 0. The summed E-state index contributed by atoms with van der Waals surface area (Å²) in [5.74, 6) is -0.905. The Morgan fingerprint density at radius 3 is 2.40 bits per heavy atom. The molecule has 1 amide bonds. The highest BCUT2D eigenvalue weighted by Gasteiger charge is 2.33. The van der Waals surface area contributed by atoms with Crippen LogP contribution < -0.4 is 0 Å². The van der Waals surface area contributed by atoms with E-state index in [0.29, 0.717) is 52.2 Å². The van der Waals surface area contributed by atoms with Crippen molar-refractivity contribution in [2.45, 2.75) is 18.6 Å². The fraction of sp³-hybridized carbons (Fsp3) is 0.588. The molecule has 0 spiro atoms. The van der Waals surface area contributed by atoms with Gasteiger partial charge in [-0.05, 0) is 18.9 Å². The third-order valence-corrected chi connectivity index (χ3v) is 6.64. The van der Waals surface area contributed by atoms with Crippen molar-refractivity contribution in [1.82, 2.24) is 9.21 Å². The van der Waals surface area contributed by atoms with E-state index in [1.165, 1.54) is 22.5 Å². The lowest BCUT2D eigenvalue weighted by molar-refractivity contribution is -0.140. The molecule has 138 valence electrons. The van der Waals surface area contributed by atoms with Gasteiger partial charge in [0.1, 0.15) is 5.82 Å². The molecule has 0 atom stereocenters. The van der Waals surface area contributed by atoms with E-state index in [9.17, 15) is 17.6 Å². The number of nitrogens with zero attached hydrogens (tertiary/aromatic N) is 2. The second kappa shape index (κ2) is 7.80. The summed E-state index contributed by atoms with van der Waals surface area (Å²) in [6.45, 7) is 2.92. The summed E-state index contributed by atoms with van der Waals surface area (Å²) in [4.78, 5) is 14.3. The zero-order chi connectivity index (χ0) is 17.9. The summed E-state index contributed by atoms with van der Waals surface area (Å²) in [7, 11) is -3.58. The monoisotopic (exact) mass is 370 g/mol. The molecule has 2 aliphatic rings. The van der Waals surface area contributed by atoms with E-state index in [2.05, 4.69) is 0 Å². The molecule has 0 aromatic heterocycles. The third-order valence-electron chi connectivity index (χ3n) is 4.82. The molecule has 1 aromatic carbocycles. The first kappa shape index (κ1) is 18.3. The molecule has 0 radical (unpaired) electrons. The molecule has 0 unspecified atom stereocenters. The molecule has 0 bridgehead atoms. The Morgan fingerprint density at radius 2 is 1.76 bits per heavy atom. The van der Waals surface area contributed by atoms with Crippen LogP contribution in [0.15, 0.2) is 24.3 Å². The van der Waals surface area contributed by atoms with Crippen molar-refractivity contribution in [1.29, 1.82) is 0 Å². The number of carbonyl (C=O) groups excluding carboxylic acids is 1. The Kier molecular flexibility index (Phi) is 5.71. The average molecular weight is 370 g/mol. The average Bonchev–Trinajstić information content (AvgIpc) is 2.64. The van der Waals surface area contributed by atoms with Gasteiger partial charge in [-0.15, -0.1) is 0 Å². The number of carbonyl (C=O) groups is 1. The van der Waals surface area contributed by atoms with E-state index in [1.807, 2.05) is 0 Å². The summed E-state index contributed by atoms with van der Waals surface area (Å²) in [6, 6.07) is 5.91. The molecular formula is C17H23FN2O4S. The summed E-state index contributed by atoms with van der Waals surface area (Å²) >= 11 is 0. The van der Waals surface area contributed by atoms with Crippen LogP contribution in [0.2, 0.25) is 0 Å². The molecule has 3 rings (SSSR count). The smallest absolute Gasteiger partial charge is 0.225 e. The number of hydrogen-bond donors (Lipinski definition) is 0. The zero-order valence-corrected chi connectivity index (χ0v) is 14.9. The molecule has 0 aliphatic carbocycles. The topological polar surface area (TPSA) is 66.9 Å². The van der Waals surface area contributed by atoms with Crippen LogP contribution in [0.1, 0.15) is 18.4 Å². The fourth-order valence-electron chi connectivity index (χ4n) is 3.33. The lowest BCUT2D eigenvalue weighted by atomic mass is 9.96. The lowest BCUT2D eigenvalue weighted by Crippen LogP contribution is -2.47. The molecule has 2 heterocycles. The number of sulfonamides is 1. The van der Waals surface area contributed by atoms with Crippen LogP contribution in [0.3, 0.4) is 0 Å². The Bertz CT molecular complexity index is 711. The van der Waals surface area contributed by atoms with E-state index in [4.69, 9.17) is 4.74 Å². The summed E-state index contributed by atoms with van der Waals surface area (Å²) in [6.07, 6.45) is 1.01. The zero-order valence-electron chi connectivity index (χ0n) is 14.1. The number of amides is 1. The normalized spacial score (nSPS) is 20.6. The summed E-state index contributed by atoms with van der Waals surface area (Å²) in [5.41, 5.74) is 0.175. The first-order chi connectivity index (χ1) is 12.0. The number of piperidine rings is 1. The van der Waals surface area contributed by atoms with Crippen molar-refractivity contribution in [3.63, 3.8) is 0 Å². The van der Waals surface area contributed by atoms with Gasteiger partial charge in [-0.2, -0.15) is 0 Å². The van der Waals surface area contributed by atoms with E-state index < -0.39 is 15.8 Å². The molecular weight excluding hydrogens is 347 g/mol. The molecule has 2 aliphatic heterocycles. The van der Waals surface area contributed by atoms with Gasteiger partial charge in [0.15, 0.2) is 0 Å². The number of benzene rings is 1. The standard InChI is InChI=1S/C17H23FN2O4S/c18-16-4-2-1-3-15(16)13-25(22,23)20-7-5-14(6-8-20)17(21)19-9-11-24-12-10-19/h1-4,14H,5-13H2. The molecule has 0 saturated carbocycles. The van der Waals surface area contributed by atoms with Gasteiger partial charge in [0.2, 0.25) is 15.9 Å². The van der Waals surface area contributed by atoms with Crippen molar-refractivity contribution in [3.8, 4) is 0 Å². The minimum absolute atomic E-state index is 0.0921. The SMILES string of the molecule is O=C(C1CCN(S(=O)(=O)Cc2ccccc2F)CC1)N1CCOCC1. The van der Waals surface area contributed by atoms with E-state index in [-0.39, 0.29) is 23.1 Å². The second-order valence-electron chi connectivity index (χ2n) is 6.46. The Hall–Kier alpha value is -1.51. The van der Waals surface area contributed by atoms with Crippen LogP contribution in [0.25, 0.3) is 0 Å². The maximum absolute atomic E-state index is 13.7. The van der Waals surface area contributed by atoms with Gasteiger partial charge in [0.25, 0.3) is 0 Å². The van der Waals surface area contributed by atoms with E-state index in [0.717, 1.165) is 0 Å². The fourth-order valence-corrected chi connectivity index (χ4v) is 4.90. The van der Waals surface area contributed by atoms with Crippen LogP contribution in [0.4, 0.5) is 4.39 Å². The highest BCUT2D eigenvalue weighted by Crippen LogP contribution is 2.24. The number of rotatable bonds is 4. The number of halogens is 1. The molecule has 25 heavy (non-hydrogen) atoms. The predicted octanol–water partition coefficient (Wildman–Crippen LogP) is 1.23. The molecule has 2 saturated heterocycles. The predicted molar refractivity (Wildman–Crippen MR) is 90.7 cm³/mol. The van der Waals surface area contributed by atoms with Gasteiger partial charge >= 0.3 is 0 Å². The van der Waals surface area contributed by atoms with Crippen LogP contribution in [0, 0.1) is 11.7 Å². The first-order valence-corrected chi connectivity index (χ1v) is 10.2. The van der Waals surface area contributed by atoms with Crippen LogP contribution >= 0.6 is 0 Å². The maximum Gasteiger partial charge on any atom is 0.225 e. The largest absolute Gasteiger partial charge is 0.378 e. The van der Waals surface area contributed by atoms with Crippen molar-refractivity contribution in [3.05, 3.63) is 35.6 Å². The lowest BCUT2D eigenvalue weighted by Gasteiger charge is -2.35. The summed E-state index contributed by atoms with van der Waals surface area (Å²) < 4.78 is 45.4. The van der Waals surface area contributed by atoms with Crippen LogP contribution in [-0.4, -0.2) is 62.9 Å². The van der Waals surface area contributed by atoms with Gasteiger partial charge in [0, 0.05) is 37.7 Å². The Labute approximate surface area is 147 Å². The number of morpholine rings is 1. The van der Waals surface area contributed by atoms with Crippen molar-refractivity contribution < 1.29 is 22.3 Å². The van der Waals surface area contributed by atoms with E-state index >= 15 is 0 Å². The van der Waals surface area contributed by atoms with Gasteiger partial charge < -0.3 is 9.64 Å².